The maximum atomic E-state index is 5.37. The molecule has 1 heterocycles. The van der Waals surface area contributed by atoms with Crippen molar-refractivity contribution < 1.29 is 4.74 Å². The molecule has 1 rings (SSSR count). The topological polar surface area (TPSA) is 47.3 Å². The Kier molecular flexibility index (Phi) is 2.11. The zero-order chi connectivity index (χ0) is 7.61. The highest BCUT2D eigenvalue weighted by Gasteiger charge is 2.29. The minimum atomic E-state index is -0.300. The molecule has 1 saturated heterocycles. The van der Waals surface area contributed by atoms with E-state index in [1.54, 1.807) is 0 Å². The van der Waals surface area contributed by atoms with Gasteiger partial charge in [0.05, 0.1) is 0 Å². The summed E-state index contributed by atoms with van der Waals surface area (Å²) >= 11 is 4.69. The second-order valence-corrected chi connectivity index (χ2v) is 3.11. The highest BCUT2D eigenvalue weighted by molar-refractivity contribution is 7.80. The summed E-state index contributed by atoms with van der Waals surface area (Å²) in [4.78, 5) is 0. The van der Waals surface area contributed by atoms with Crippen molar-refractivity contribution in [2.24, 2.45) is 5.73 Å². The summed E-state index contributed by atoms with van der Waals surface area (Å²) in [5.41, 5.74) is 5.00. The van der Waals surface area contributed by atoms with Crippen molar-refractivity contribution in [3.63, 3.8) is 0 Å². The normalized spacial score (nSPS) is 32.1. The van der Waals surface area contributed by atoms with Gasteiger partial charge in [0.1, 0.15) is 5.72 Å². The molecule has 58 valence electrons. The van der Waals surface area contributed by atoms with Crippen LogP contribution in [0.2, 0.25) is 0 Å². The number of rotatable bonds is 1. The van der Waals surface area contributed by atoms with Crippen LogP contribution < -0.4 is 11.1 Å². The molecule has 3 N–H and O–H groups in total. The summed E-state index contributed by atoms with van der Waals surface area (Å²) in [6.07, 6.45) is 2.05. The van der Waals surface area contributed by atoms with E-state index < -0.39 is 0 Å². The largest absolute Gasteiger partial charge is 0.376 e. The van der Waals surface area contributed by atoms with Crippen molar-refractivity contribution in [2.45, 2.75) is 25.5 Å². The Bertz CT molecular complexity index is 143. The second kappa shape index (κ2) is 2.72. The maximum absolute atomic E-state index is 5.37. The van der Waals surface area contributed by atoms with Crippen LogP contribution in [-0.2, 0) is 4.74 Å². The molecule has 0 aliphatic carbocycles. The van der Waals surface area contributed by atoms with Gasteiger partial charge in [-0.15, -0.1) is 0 Å². The Balaban J connectivity index is 2.43. The summed E-state index contributed by atoms with van der Waals surface area (Å²) in [7, 11) is 0. The lowest BCUT2D eigenvalue weighted by atomic mass is 10.2. The van der Waals surface area contributed by atoms with Gasteiger partial charge in [-0.1, -0.05) is 0 Å². The Hall–Kier alpha value is -0.350. The van der Waals surface area contributed by atoms with E-state index in [4.69, 9.17) is 22.7 Å². The minimum Gasteiger partial charge on any atom is -0.376 e. The summed E-state index contributed by atoms with van der Waals surface area (Å²) < 4.78 is 5.37. The van der Waals surface area contributed by atoms with E-state index in [-0.39, 0.29) is 5.72 Å². The lowest BCUT2D eigenvalue weighted by molar-refractivity contribution is 0.00805. The van der Waals surface area contributed by atoms with E-state index in [9.17, 15) is 0 Å². The first-order chi connectivity index (χ1) is 4.62. The molecule has 0 radical (unpaired) electrons. The molecule has 0 bridgehead atoms. The molecule has 0 spiro atoms. The molecule has 0 amide bonds. The molecule has 1 aliphatic heterocycles. The monoisotopic (exact) mass is 160 g/mol. The summed E-state index contributed by atoms with van der Waals surface area (Å²) in [6.45, 7) is 2.76. The third-order valence-electron chi connectivity index (χ3n) is 1.61. The summed E-state index contributed by atoms with van der Waals surface area (Å²) in [5, 5.41) is 3.21. The summed E-state index contributed by atoms with van der Waals surface area (Å²) in [5.74, 6) is 0. The van der Waals surface area contributed by atoms with Gasteiger partial charge >= 0.3 is 0 Å². The van der Waals surface area contributed by atoms with E-state index in [1.165, 1.54) is 0 Å². The van der Waals surface area contributed by atoms with Crippen molar-refractivity contribution in [1.82, 2.24) is 5.32 Å². The molecule has 4 heteroatoms. The van der Waals surface area contributed by atoms with E-state index in [2.05, 4.69) is 5.32 Å². The molecule has 0 aromatic heterocycles. The van der Waals surface area contributed by atoms with E-state index >= 15 is 0 Å². The molecule has 1 fully saturated rings. The van der Waals surface area contributed by atoms with E-state index in [0.29, 0.717) is 5.11 Å². The van der Waals surface area contributed by atoms with Crippen LogP contribution in [0.4, 0.5) is 0 Å². The number of hydrogen-bond acceptors (Lipinski definition) is 2. The first kappa shape index (κ1) is 7.75. The standard InChI is InChI=1S/C6H12N2OS/c1-6(8-5(7)10)3-2-4-9-6/h2-4H2,1H3,(H3,7,8,10)/t6-/m1/s1. The summed E-state index contributed by atoms with van der Waals surface area (Å²) in [6, 6.07) is 0. The molecule has 0 saturated carbocycles. The van der Waals surface area contributed by atoms with Crippen molar-refractivity contribution >= 4 is 17.3 Å². The van der Waals surface area contributed by atoms with Crippen molar-refractivity contribution in [3.8, 4) is 0 Å². The zero-order valence-electron chi connectivity index (χ0n) is 6.02. The molecule has 10 heavy (non-hydrogen) atoms. The van der Waals surface area contributed by atoms with Gasteiger partial charge in [-0.05, 0) is 32.0 Å². The Morgan fingerprint density at radius 2 is 2.50 bits per heavy atom. The molecule has 0 aromatic carbocycles. The first-order valence-corrected chi connectivity index (χ1v) is 3.75. The quantitative estimate of drug-likeness (QED) is 0.543. The van der Waals surface area contributed by atoms with Crippen LogP contribution in [0.5, 0.6) is 0 Å². The number of nitrogens with two attached hydrogens (primary N) is 1. The average Bonchev–Trinajstić information content (AvgIpc) is 2.12. The van der Waals surface area contributed by atoms with Gasteiger partial charge in [0.2, 0.25) is 0 Å². The Morgan fingerprint density at radius 1 is 1.80 bits per heavy atom. The third-order valence-corrected chi connectivity index (χ3v) is 1.71. The highest BCUT2D eigenvalue weighted by atomic mass is 32.1. The fourth-order valence-corrected chi connectivity index (χ4v) is 1.35. The lowest BCUT2D eigenvalue weighted by Crippen LogP contribution is -2.47. The molecule has 0 aromatic rings. The van der Waals surface area contributed by atoms with Crippen LogP contribution in [0, 0.1) is 0 Å². The van der Waals surface area contributed by atoms with Gasteiger partial charge < -0.3 is 15.8 Å². The number of nitrogens with one attached hydrogen (secondary N) is 1. The average molecular weight is 160 g/mol. The lowest BCUT2D eigenvalue weighted by Gasteiger charge is -2.24. The maximum Gasteiger partial charge on any atom is 0.165 e. The van der Waals surface area contributed by atoms with E-state index in [0.717, 1.165) is 19.4 Å². The van der Waals surface area contributed by atoms with Gasteiger partial charge in [-0.2, -0.15) is 0 Å². The number of thiocarbonyl (C=S) groups is 1. The molecule has 3 nitrogen and oxygen atoms in total. The van der Waals surface area contributed by atoms with Gasteiger partial charge in [0, 0.05) is 6.61 Å². The zero-order valence-corrected chi connectivity index (χ0v) is 6.83. The third kappa shape index (κ3) is 1.82. The van der Waals surface area contributed by atoms with Crippen LogP contribution in [-0.4, -0.2) is 17.4 Å². The predicted molar refractivity (Wildman–Crippen MR) is 43.5 cm³/mol. The number of hydrogen-bond donors (Lipinski definition) is 2. The Morgan fingerprint density at radius 3 is 2.90 bits per heavy atom. The molecular weight excluding hydrogens is 148 g/mol. The van der Waals surface area contributed by atoms with Crippen LogP contribution in [0.25, 0.3) is 0 Å². The van der Waals surface area contributed by atoms with Crippen molar-refractivity contribution in [1.29, 1.82) is 0 Å². The smallest absolute Gasteiger partial charge is 0.165 e. The second-order valence-electron chi connectivity index (χ2n) is 2.67. The van der Waals surface area contributed by atoms with E-state index in [1.807, 2.05) is 6.92 Å². The van der Waals surface area contributed by atoms with Crippen LogP contribution in [0.3, 0.4) is 0 Å². The molecule has 1 aliphatic rings. The fourth-order valence-electron chi connectivity index (χ4n) is 1.14. The van der Waals surface area contributed by atoms with Gasteiger partial charge in [-0.3, -0.25) is 0 Å². The minimum absolute atomic E-state index is 0.300. The molecule has 1 atom stereocenters. The van der Waals surface area contributed by atoms with Gasteiger partial charge in [0.25, 0.3) is 0 Å². The Labute approximate surface area is 65.9 Å². The molecule has 0 unspecified atom stereocenters. The van der Waals surface area contributed by atoms with Crippen molar-refractivity contribution in [3.05, 3.63) is 0 Å². The van der Waals surface area contributed by atoms with Crippen LogP contribution in [0.15, 0.2) is 0 Å². The highest BCUT2D eigenvalue weighted by Crippen LogP contribution is 2.21. The van der Waals surface area contributed by atoms with Crippen LogP contribution in [0.1, 0.15) is 19.8 Å². The molecular formula is C6H12N2OS. The van der Waals surface area contributed by atoms with Crippen LogP contribution >= 0.6 is 12.2 Å². The van der Waals surface area contributed by atoms with Gasteiger partial charge in [0.15, 0.2) is 5.11 Å². The first-order valence-electron chi connectivity index (χ1n) is 3.34. The fraction of sp³-hybridized carbons (Fsp3) is 0.833. The predicted octanol–water partition coefficient (Wildman–Crippen LogP) is 0.346. The number of ether oxygens (including phenoxy) is 1. The SMILES string of the molecule is C[C@]1(NC(N)=S)CCCO1. The van der Waals surface area contributed by atoms with Gasteiger partial charge in [-0.25, -0.2) is 0 Å². The van der Waals surface area contributed by atoms with Crippen molar-refractivity contribution in [2.75, 3.05) is 6.61 Å².